The second-order valence-electron chi connectivity index (χ2n) is 7.13. The monoisotopic (exact) mass is 398 g/mol. The highest BCUT2D eigenvalue weighted by atomic mass is 19.1. The van der Waals surface area contributed by atoms with Crippen molar-refractivity contribution in [3.63, 3.8) is 0 Å². The van der Waals surface area contributed by atoms with E-state index in [1.165, 1.54) is 13.0 Å². The van der Waals surface area contributed by atoms with Crippen LogP contribution in [0.5, 0.6) is 0 Å². The number of benzene rings is 2. The molecule has 29 heavy (non-hydrogen) atoms. The lowest BCUT2D eigenvalue weighted by atomic mass is 9.78. The third-order valence-electron chi connectivity index (χ3n) is 5.23. The molecule has 0 unspecified atom stereocenters. The molecular formula is C22H23FN2O4. The van der Waals surface area contributed by atoms with Crippen LogP contribution in [0.2, 0.25) is 0 Å². The second kappa shape index (κ2) is 8.86. The number of amides is 2. The molecule has 0 aromatic heterocycles. The van der Waals surface area contributed by atoms with E-state index in [1.807, 2.05) is 0 Å². The Hall–Kier alpha value is -3.22. The fourth-order valence-electron chi connectivity index (χ4n) is 3.62. The fourth-order valence-corrected chi connectivity index (χ4v) is 3.62. The molecule has 0 spiro atoms. The highest BCUT2D eigenvalue weighted by Gasteiger charge is 2.46. The fraction of sp³-hybridized carbons (Fsp3) is 0.318. The lowest BCUT2D eigenvalue weighted by Gasteiger charge is -2.29. The van der Waals surface area contributed by atoms with Crippen LogP contribution in [0.4, 0.5) is 4.39 Å². The van der Waals surface area contributed by atoms with E-state index in [4.69, 9.17) is 4.74 Å². The van der Waals surface area contributed by atoms with Crippen molar-refractivity contribution < 1.29 is 23.5 Å². The van der Waals surface area contributed by atoms with Gasteiger partial charge >= 0.3 is 5.97 Å². The van der Waals surface area contributed by atoms with Crippen LogP contribution in [0, 0.1) is 5.82 Å². The number of hydrazine groups is 1. The Morgan fingerprint density at radius 3 is 2.24 bits per heavy atom. The van der Waals surface area contributed by atoms with Gasteiger partial charge in [-0.25, -0.2) is 4.39 Å². The van der Waals surface area contributed by atoms with Crippen LogP contribution < -0.4 is 10.9 Å². The lowest BCUT2D eigenvalue weighted by molar-refractivity contribution is -0.160. The van der Waals surface area contributed by atoms with E-state index in [0.717, 1.165) is 12.8 Å². The number of halogens is 1. The van der Waals surface area contributed by atoms with Crippen LogP contribution >= 0.6 is 0 Å². The summed E-state index contributed by atoms with van der Waals surface area (Å²) < 4.78 is 19.8. The smallest absolute Gasteiger partial charge is 0.317 e. The van der Waals surface area contributed by atoms with Gasteiger partial charge in [-0.2, -0.15) is 0 Å². The molecule has 0 aliphatic heterocycles. The van der Waals surface area contributed by atoms with Crippen molar-refractivity contribution in [1.29, 1.82) is 0 Å². The maximum Gasteiger partial charge on any atom is 0.317 e. The van der Waals surface area contributed by atoms with Gasteiger partial charge in [0, 0.05) is 11.1 Å². The summed E-state index contributed by atoms with van der Waals surface area (Å²) in [4.78, 5) is 37.2. The maximum absolute atomic E-state index is 14.4. The predicted octanol–water partition coefficient (Wildman–Crippen LogP) is 3.03. The van der Waals surface area contributed by atoms with Crippen LogP contribution in [-0.2, 0) is 19.7 Å². The van der Waals surface area contributed by atoms with Crippen molar-refractivity contribution in [1.82, 2.24) is 10.9 Å². The number of carbonyl (C=O) groups excluding carboxylic acids is 3. The quantitative estimate of drug-likeness (QED) is 0.599. The standard InChI is InChI=1S/C22H23FN2O4/c1-15(19(26)24-25-20(27)16-9-3-2-4-10-16)29-21(28)22(13-7-8-14-22)17-11-5-6-12-18(17)23/h2-6,9-12,15H,7-8,13-14H2,1H3,(H,24,26)(H,25,27)/t15-/m0/s1. The van der Waals surface area contributed by atoms with Crippen LogP contribution in [0.25, 0.3) is 0 Å². The number of carbonyl (C=O) groups is 3. The number of rotatable bonds is 5. The van der Waals surface area contributed by atoms with Crippen molar-refractivity contribution in [2.75, 3.05) is 0 Å². The summed E-state index contributed by atoms with van der Waals surface area (Å²) in [6.45, 7) is 1.41. The van der Waals surface area contributed by atoms with Crippen molar-refractivity contribution in [3.05, 3.63) is 71.5 Å². The summed E-state index contributed by atoms with van der Waals surface area (Å²) in [7, 11) is 0. The molecule has 3 rings (SSSR count). The molecule has 7 heteroatoms. The first kappa shape index (κ1) is 20.5. The van der Waals surface area contributed by atoms with E-state index in [9.17, 15) is 18.8 Å². The average Bonchev–Trinajstić information content (AvgIpc) is 3.23. The van der Waals surface area contributed by atoms with Crippen molar-refractivity contribution in [2.24, 2.45) is 0 Å². The Balaban J connectivity index is 1.63. The second-order valence-corrected chi connectivity index (χ2v) is 7.13. The summed E-state index contributed by atoms with van der Waals surface area (Å²) in [6.07, 6.45) is 1.33. The van der Waals surface area contributed by atoms with Gasteiger partial charge in [-0.3, -0.25) is 25.2 Å². The van der Waals surface area contributed by atoms with E-state index >= 15 is 0 Å². The largest absolute Gasteiger partial charge is 0.452 e. The van der Waals surface area contributed by atoms with Crippen molar-refractivity contribution in [2.45, 2.75) is 44.1 Å². The third kappa shape index (κ3) is 4.45. The van der Waals surface area contributed by atoms with Gasteiger partial charge in [0.2, 0.25) is 0 Å². The third-order valence-corrected chi connectivity index (χ3v) is 5.23. The summed E-state index contributed by atoms with van der Waals surface area (Å²) in [6, 6.07) is 14.5. The summed E-state index contributed by atoms with van der Waals surface area (Å²) in [5, 5.41) is 0. The van der Waals surface area contributed by atoms with Gasteiger partial charge in [-0.15, -0.1) is 0 Å². The van der Waals surface area contributed by atoms with Gasteiger partial charge in [0.1, 0.15) is 5.82 Å². The van der Waals surface area contributed by atoms with E-state index in [1.54, 1.807) is 48.5 Å². The molecule has 2 N–H and O–H groups in total. The van der Waals surface area contributed by atoms with Gasteiger partial charge in [-0.05, 0) is 38.0 Å². The molecule has 0 radical (unpaired) electrons. The minimum Gasteiger partial charge on any atom is -0.452 e. The summed E-state index contributed by atoms with van der Waals surface area (Å²) in [5.41, 5.74) is 4.12. The molecule has 0 heterocycles. The average molecular weight is 398 g/mol. The van der Waals surface area contributed by atoms with Gasteiger partial charge < -0.3 is 4.74 Å². The van der Waals surface area contributed by atoms with Gasteiger partial charge in [0.05, 0.1) is 5.41 Å². The topological polar surface area (TPSA) is 84.5 Å². The number of hydrogen-bond donors (Lipinski definition) is 2. The molecule has 6 nitrogen and oxygen atoms in total. The van der Waals surface area contributed by atoms with Crippen molar-refractivity contribution in [3.8, 4) is 0 Å². The zero-order chi connectivity index (χ0) is 20.9. The molecular weight excluding hydrogens is 375 g/mol. The van der Waals surface area contributed by atoms with Crippen LogP contribution in [0.1, 0.15) is 48.5 Å². The van der Waals surface area contributed by atoms with Crippen LogP contribution in [0.3, 0.4) is 0 Å². The zero-order valence-electron chi connectivity index (χ0n) is 16.1. The van der Waals surface area contributed by atoms with E-state index < -0.39 is 35.1 Å². The first-order valence-electron chi connectivity index (χ1n) is 9.55. The first-order chi connectivity index (χ1) is 13.9. The maximum atomic E-state index is 14.4. The van der Waals surface area contributed by atoms with Crippen molar-refractivity contribution >= 4 is 17.8 Å². The highest BCUT2D eigenvalue weighted by Crippen LogP contribution is 2.43. The summed E-state index contributed by atoms with van der Waals surface area (Å²) in [5.74, 6) is -2.25. The van der Waals surface area contributed by atoms with Crippen LogP contribution in [0.15, 0.2) is 54.6 Å². The Morgan fingerprint density at radius 1 is 0.966 bits per heavy atom. The predicted molar refractivity (Wildman–Crippen MR) is 104 cm³/mol. The molecule has 1 aliphatic carbocycles. The minimum absolute atomic E-state index is 0.299. The number of esters is 1. The van der Waals surface area contributed by atoms with Gasteiger partial charge in [0.15, 0.2) is 6.10 Å². The summed E-state index contributed by atoms with van der Waals surface area (Å²) >= 11 is 0. The molecule has 0 saturated heterocycles. The highest BCUT2D eigenvalue weighted by molar-refractivity contribution is 5.96. The Labute approximate surface area is 168 Å². The molecule has 152 valence electrons. The molecule has 1 fully saturated rings. The molecule has 1 aliphatic rings. The number of nitrogens with one attached hydrogen (secondary N) is 2. The Kier molecular flexibility index (Phi) is 6.26. The molecule has 1 saturated carbocycles. The lowest BCUT2D eigenvalue weighted by Crippen LogP contribution is -2.48. The number of ether oxygens (including phenoxy) is 1. The molecule has 1 atom stereocenters. The number of hydrogen-bond acceptors (Lipinski definition) is 4. The SMILES string of the molecule is C[C@H](OC(=O)C1(c2ccccc2F)CCCC1)C(=O)NNC(=O)c1ccccc1. The molecule has 2 amide bonds. The molecule has 2 aromatic carbocycles. The normalized spacial score (nSPS) is 15.9. The van der Waals surface area contributed by atoms with Crippen LogP contribution in [-0.4, -0.2) is 23.9 Å². The van der Waals surface area contributed by atoms with E-state index in [-0.39, 0.29) is 0 Å². The Bertz CT molecular complexity index is 895. The van der Waals surface area contributed by atoms with E-state index in [0.29, 0.717) is 24.0 Å². The molecule has 0 bridgehead atoms. The van der Waals surface area contributed by atoms with E-state index in [2.05, 4.69) is 10.9 Å². The Morgan fingerprint density at radius 2 is 1.59 bits per heavy atom. The zero-order valence-corrected chi connectivity index (χ0v) is 16.1. The minimum atomic E-state index is -1.15. The first-order valence-corrected chi connectivity index (χ1v) is 9.55. The molecule has 2 aromatic rings. The van der Waals surface area contributed by atoms with Gasteiger partial charge in [0.25, 0.3) is 11.8 Å². The van der Waals surface area contributed by atoms with Gasteiger partial charge in [-0.1, -0.05) is 49.2 Å².